The topological polar surface area (TPSA) is 74.8 Å². The van der Waals surface area contributed by atoms with Gasteiger partial charge >= 0.3 is 0 Å². The number of aromatic nitrogens is 4. The smallest absolute Gasteiger partial charge is 0.276 e. The second-order valence-corrected chi connectivity index (χ2v) is 3.45. The van der Waals surface area contributed by atoms with Gasteiger partial charge in [0.25, 0.3) is 5.91 Å². The van der Waals surface area contributed by atoms with Crippen molar-refractivity contribution in [2.75, 3.05) is 14.1 Å². The number of fused-ring (bicyclic) bond motifs is 1. The summed E-state index contributed by atoms with van der Waals surface area (Å²) >= 11 is 0. The third kappa shape index (κ3) is 1.54. The van der Waals surface area contributed by atoms with Crippen LogP contribution in [-0.4, -0.2) is 45.1 Å². The highest BCUT2D eigenvalue weighted by atomic mass is 16.2. The van der Waals surface area contributed by atoms with Crippen LogP contribution in [0.2, 0.25) is 0 Å². The van der Waals surface area contributed by atoms with Gasteiger partial charge in [-0.3, -0.25) is 9.89 Å². The zero-order chi connectivity index (χ0) is 11.0. The fourth-order valence-corrected chi connectivity index (χ4v) is 1.26. The standard InChI is InChI=1S/C9H11N5O/c1-5-10-4-6-7(11-5)8(13-12-6)9(15)14(2)3/h4H,1-3H3,(H,12,13). The molecule has 2 heterocycles. The number of aromatic amines is 1. The summed E-state index contributed by atoms with van der Waals surface area (Å²) < 4.78 is 0. The first-order valence-electron chi connectivity index (χ1n) is 4.49. The van der Waals surface area contributed by atoms with E-state index in [1.165, 1.54) is 4.90 Å². The number of carbonyl (C=O) groups excluding carboxylic acids is 1. The van der Waals surface area contributed by atoms with Crippen molar-refractivity contribution in [2.24, 2.45) is 0 Å². The molecule has 0 bridgehead atoms. The fourth-order valence-electron chi connectivity index (χ4n) is 1.26. The number of aryl methyl sites for hydroxylation is 1. The van der Waals surface area contributed by atoms with Crippen molar-refractivity contribution in [3.63, 3.8) is 0 Å². The van der Waals surface area contributed by atoms with Gasteiger partial charge < -0.3 is 4.90 Å². The lowest BCUT2D eigenvalue weighted by atomic mass is 10.3. The van der Waals surface area contributed by atoms with Gasteiger partial charge in [0.15, 0.2) is 5.69 Å². The maximum absolute atomic E-state index is 11.7. The van der Waals surface area contributed by atoms with Crippen molar-refractivity contribution in [3.05, 3.63) is 17.7 Å². The summed E-state index contributed by atoms with van der Waals surface area (Å²) in [6, 6.07) is 0. The van der Waals surface area contributed by atoms with E-state index in [9.17, 15) is 4.79 Å². The molecule has 0 spiro atoms. The molecule has 0 radical (unpaired) electrons. The Balaban J connectivity index is 2.62. The Morgan fingerprint density at radius 3 is 2.87 bits per heavy atom. The van der Waals surface area contributed by atoms with Crippen molar-refractivity contribution in [1.82, 2.24) is 25.1 Å². The minimum atomic E-state index is -0.167. The normalized spacial score (nSPS) is 10.6. The SMILES string of the molecule is Cc1ncc2[nH]nc(C(=O)N(C)C)c2n1. The highest BCUT2D eigenvalue weighted by Crippen LogP contribution is 2.13. The highest BCUT2D eigenvalue weighted by molar-refractivity contribution is 6.02. The molecule has 1 amide bonds. The quantitative estimate of drug-likeness (QED) is 0.729. The van der Waals surface area contributed by atoms with E-state index in [1.54, 1.807) is 27.2 Å². The molecule has 0 saturated heterocycles. The zero-order valence-electron chi connectivity index (χ0n) is 8.77. The van der Waals surface area contributed by atoms with Gasteiger partial charge in [-0.1, -0.05) is 0 Å². The molecule has 6 heteroatoms. The Morgan fingerprint density at radius 1 is 1.47 bits per heavy atom. The van der Waals surface area contributed by atoms with Crippen molar-refractivity contribution < 1.29 is 4.79 Å². The Labute approximate surface area is 86.3 Å². The van der Waals surface area contributed by atoms with Crippen LogP contribution in [0.15, 0.2) is 6.20 Å². The van der Waals surface area contributed by atoms with Crippen LogP contribution in [0, 0.1) is 6.92 Å². The molecule has 0 saturated carbocycles. The fraction of sp³-hybridized carbons (Fsp3) is 0.333. The molecular formula is C9H11N5O. The van der Waals surface area contributed by atoms with Gasteiger partial charge in [0, 0.05) is 14.1 Å². The first-order chi connectivity index (χ1) is 7.09. The maximum atomic E-state index is 11.7. The van der Waals surface area contributed by atoms with E-state index >= 15 is 0 Å². The number of H-pyrrole nitrogens is 1. The molecule has 0 aliphatic rings. The van der Waals surface area contributed by atoms with Crippen LogP contribution >= 0.6 is 0 Å². The third-order valence-electron chi connectivity index (χ3n) is 2.03. The molecule has 0 aromatic carbocycles. The molecule has 15 heavy (non-hydrogen) atoms. The Morgan fingerprint density at radius 2 is 2.20 bits per heavy atom. The number of rotatable bonds is 1. The van der Waals surface area contributed by atoms with E-state index in [2.05, 4.69) is 20.2 Å². The largest absolute Gasteiger partial charge is 0.343 e. The van der Waals surface area contributed by atoms with Gasteiger partial charge in [0.1, 0.15) is 16.9 Å². The van der Waals surface area contributed by atoms with Crippen molar-refractivity contribution in [1.29, 1.82) is 0 Å². The average Bonchev–Trinajstić information content (AvgIpc) is 2.59. The molecule has 1 N–H and O–H groups in total. The summed E-state index contributed by atoms with van der Waals surface area (Å²) in [6.45, 7) is 1.77. The van der Waals surface area contributed by atoms with E-state index in [0.29, 0.717) is 22.6 Å². The van der Waals surface area contributed by atoms with Crippen LogP contribution < -0.4 is 0 Å². The molecule has 2 aromatic rings. The number of amides is 1. The molecule has 2 aromatic heterocycles. The summed E-state index contributed by atoms with van der Waals surface area (Å²) in [5.41, 5.74) is 1.58. The molecule has 0 aliphatic carbocycles. The van der Waals surface area contributed by atoms with E-state index in [4.69, 9.17) is 0 Å². The summed E-state index contributed by atoms with van der Waals surface area (Å²) in [7, 11) is 3.35. The first-order valence-corrected chi connectivity index (χ1v) is 4.49. The van der Waals surface area contributed by atoms with Crippen LogP contribution in [-0.2, 0) is 0 Å². The van der Waals surface area contributed by atoms with Crippen LogP contribution in [0.3, 0.4) is 0 Å². The number of hydrogen-bond donors (Lipinski definition) is 1. The van der Waals surface area contributed by atoms with Crippen LogP contribution in [0.1, 0.15) is 16.3 Å². The van der Waals surface area contributed by atoms with E-state index in [1.807, 2.05) is 0 Å². The van der Waals surface area contributed by atoms with Gasteiger partial charge in [-0.2, -0.15) is 5.10 Å². The predicted octanol–water partition coefficient (Wildman–Crippen LogP) is 0.363. The first kappa shape index (κ1) is 9.57. The summed E-state index contributed by atoms with van der Waals surface area (Å²) in [4.78, 5) is 21.4. The zero-order valence-corrected chi connectivity index (χ0v) is 8.77. The summed E-state index contributed by atoms with van der Waals surface area (Å²) in [5.74, 6) is 0.455. The van der Waals surface area contributed by atoms with Crippen molar-refractivity contribution in [3.8, 4) is 0 Å². The van der Waals surface area contributed by atoms with Crippen LogP contribution in [0.25, 0.3) is 11.0 Å². The van der Waals surface area contributed by atoms with E-state index < -0.39 is 0 Å². The monoisotopic (exact) mass is 205 g/mol. The number of hydrogen-bond acceptors (Lipinski definition) is 4. The predicted molar refractivity (Wildman–Crippen MR) is 54.4 cm³/mol. The van der Waals surface area contributed by atoms with Crippen molar-refractivity contribution >= 4 is 16.9 Å². The molecule has 0 fully saturated rings. The molecular weight excluding hydrogens is 194 g/mol. The van der Waals surface area contributed by atoms with Crippen LogP contribution in [0.5, 0.6) is 0 Å². The summed E-state index contributed by atoms with van der Waals surface area (Å²) in [6.07, 6.45) is 1.62. The molecule has 0 atom stereocenters. The van der Waals surface area contributed by atoms with Crippen LogP contribution in [0.4, 0.5) is 0 Å². The van der Waals surface area contributed by atoms with E-state index in [0.717, 1.165) is 0 Å². The van der Waals surface area contributed by atoms with Gasteiger partial charge in [0.2, 0.25) is 0 Å². The van der Waals surface area contributed by atoms with Gasteiger partial charge in [-0.05, 0) is 6.92 Å². The van der Waals surface area contributed by atoms with Gasteiger partial charge in [-0.25, -0.2) is 9.97 Å². The average molecular weight is 205 g/mol. The molecule has 6 nitrogen and oxygen atoms in total. The Kier molecular flexibility index (Phi) is 2.11. The lowest BCUT2D eigenvalue weighted by Gasteiger charge is -2.06. The lowest BCUT2D eigenvalue weighted by molar-refractivity contribution is 0.0823. The second-order valence-electron chi connectivity index (χ2n) is 3.45. The number of nitrogens with one attached hydrogen (secondary N) is 1. The minimum absolute atomic E-state index is 0.167. The van der Waals surface area contributed by atoms with Gasteiger partial charge in [0.05, 0.1) is 6.20 Å². The molecule has 0 aliphatic heterocycles. The summed E-state index contributed by atoms with van der Waals surface area (Å²) in [5, 5.41) is 6.67. The number of carbonyl (C=O) groups is 1. The second kappa shape index (κ2) is 3.30. The molecule has 0 unspecified atom stereocenters. The van der Waals surface area contributed by atoms with Crippen molar-refractivity contribution in [2.45, 2.75) is 6.92 Å². The van der Waals surface area contributed by atoms with E-state index in [-0.39, 0.29) is 5.91 Å². The highest BCUT2D eigenvalue weighted by Gasteiger charge is 2.17. The Bertz CT molecular complexity index is 516. The third-order valence-corrected chi connectivity index (χ3v) is 2.03. The maximum Gasteiger partial charge on any atom is 0.276 e. The molecule has 78 valence electrons. The Hall–Kier alpha value is -1.98. The minimum Gasteiger partial charge on any atom is -0.343 e. The lowest BCUT2D eigenvalue weighted by Crippen LogP contribution is -2.22. The molecule has 2 rings (SSSR count). The number of nitrogens with zero attached hydrogens (tertiary/aromatic N) is 4. The van der Waals surface area contributed by atoms with Gasteiger partial charge in [-0.15, -0.1) is 0 Å².